The van der Waals surface area contributed by atoms with E-state index in [1.807, 2.05) is 45.0 Å². The maximum atomic E-state index is 11.6. The zero-order chi connectivity index (χ0) is 13.4. The molecule has 0 fully saturated rings. The standard InChI is InChI=1S/C15H21NO2/c1-4-12(3)16-15(17)11-10-13-8-6-7-9-14(13)18-5-2/h6-12H,4-5H2,1-3H3,(H,16,17)/b11-10+/t12-/m1/s1. The number of ether oxygens (including phenoxy) is 1. The topological polar surface area (TPSA) is 38.3 Å². The minimum absolute atomic E-state index is 0.0735. The molecule has 3 heteroatoms. The van der Waals surface area contributed by atoms with Gasteiger partial charge in [0.1, 0.15) is 5.75 Å². The molecule has 1 atom stereocenters. The van der Waals surface area contributed by atoms with Crippen LogP contribution >= 0.6 is 0 Å². The van der Waals surface area contributed by atoms with Crippen molar-refractivity contribution in [3.05, 3.63) is 35.9 Å². The second kappa shape index (κ2) is 7.54. The number of amides is 1. The lowest BCUT2D eigenvalue weighted by Crippen LogP contribution is -2.30. The van der Waals surface area contributed by atoms with Crippen molar-refractivity contribution in [2.24, 2.45) is 0 Å². The van der Waals surface area contributed by atoms with E-state index in [-0.39, 0.29) is 11.9 Å². The molecule has 1 aromatic rings. The van der Waals surface area contributed by atoms with Crippen LogP contribution in [0.4, 0.5) is 0 Å². The Hall–Kier alpha value is -1.77. The van der Waals surface area contributed by atoms with Crippen molar-refractivity contribution in [1.82, 2.24) is 5.32 Å². The van der Waals surface area contributed by atoms with Crippen LogP contribution in [0, 0.1) is 0 Å². The summed E-state index contributed by atoms with van der Waals surface area (Å²) >= 11 is 0. The first kappa shape index (κ1) is 14.3. The molecule has 18 heavy (non-hydrogen) atoms. The number of carbonyl (C=O) groups is 1. The number of hydrogen-bond donors (Lipinski definition) is 1. The van der Waals surface area contributed by atoms with E-state index < -0.39 is 0 Å². The van der Waals surface area contributed by atoms with Gasteiger partial charge in [0, 0.05) is 17.7 Å². The molecular formula is C15H21NO2. The Bertz CT molecular complexity index is 413. The zero-order valence-electron chi connectivity index (χ0n) is 11.3. The van der Waals surface area contributed by atoms with Crippen molar-refractivity contribution in [3.63, 3.8) is 0 Å². The van der Waals surface area contributed by atoms with Crippen LogP contribution in [0.1, 0.15) is 32.8 Å². The van der Waals surface area contributed by atoms with Gasteiger partial charge in [0.25, 0.3) is 0 Å². The van der Waals surface area contributed by atoms with Crippen molar-refractivity contribution in [2.45, 2.75) is 33.2 Å². The Balaban J connectivity index is 2.68. The van der Waals surface area contributed by atoms with Crippen LogP contribution in [-0.4, -0.2) is 18.6 Å². The average molecular weight is 247 g/mol. The number of benzene rings is 1. The molecule has 0 aromatic heterocycles. The van der Waals surface area contributed by atoms with E-state index in [0.29, 0.717) is 6.61 Å². The summed E-state index contributed by atoms with van der Waals surface area (Å²) in [5.41, 5.74) is 0.915. The number of carbonyl (C=O) groups excluding carboxylic acids is 1. The Labute approximate surface area is 109 Å². The first-order valence-corrected chi connectivity index (χ1v) is 6.37. The fourth-order valence-electron chi connectivity index (χ4n) is 1.46. The van der Waals surface area contributed by atoms with E-state index in [1.165, 1.54) is 0 Å². The van der Waals surface area contributed by atoms with Gasteiger partial charge in [-0.1, -0.05) is 25.1 Å². The number of rotatable bonds is 6. The SMILES string of the molecule is CCOc1ccccc1/C=C/C(=O)N[C@H](C)CC. The minimum Gasteiger partial charge on any atom is -0.493 e. The minimum atomic E-state index is -0.0735. The fraction of sp³-hybridized carbons (Fsp3) is 0.400. The summed E-state index contributed by atoms with van der Waals surface area (Å²) in [6.07, 6.45) is 4.25. The van der Waals surface area contributed by atoms with E-state index >= 15 is 0 Å². The first-order chi connectivity index (χ1) is 8.67. The molecule has 1 rings (SSSR count). The van der Waals surface area contributed by atoms with E-state index in [0.717, 1.165) is 17.7 Å². The second-order valence-electron chi connectivity index (χ2n) is 4.12. The predicted molar refractivity (Wildman–Crippen MR) is 74.5 cm³/mol. The number of hydrogen-bond acceptors (Lipinski definition) is 2. The molecule has 0 radical (unpaired) electrons. The summed E-state index contributed by atoms with van der Waals surface area (Å²) in [5.74, 6) is 0.725. The van der Waals surface area contributed by atoms with Crippen LogP contribution in [0.3, 0.4) is 0 Å². The van der Waals surface area contributed by atoms with Gasteiger partial charge in [-0.2, -0.15) is 0 Å². The van der Waals surface area contributed by atoms with Crippen molar-refractivity contribution < 1.29 is 9.53 Å². The van der Waals surface area contributed by atoms with Crippen LogP contribution in [-0.2, 0) is 4.79 Å². The maximum Gasteiger partial charge on any atom is 0.244 e. The van der Waals surface area contributed by atoms with Gasteiger partial charge in [0.2, 0.25) is 5.91 Å². The number of nitrogens with one attached hydrogen (secondary N) is 1. The lowest BCUT2D eigenvalue weighted by Gasteiger charge is -2.09. The second-order valence-corrected chi connectivity index (χ2v) is 4.12. The van der Waals surface area contributed by atoms with Crippen LogP contribution in [0.2, 0.25) is 0 Å². The van der Waals surface area contributed by atoms with Crippen molar-refractivity contribution >= 4 is 12.0 Å². The molecule has 98 valence electrons. The molecule has 1 N–H and O–H groups in total. The predicted octanol–water partition coefficient (Wildman–Crippen LogP) is 3.01. The van der Waals surface area contributed by atoms with Gasteiger partial charge in [-0.15, -0.1) is 0 Å². The molecule has 1 amide bonds. The third-order valence-corrected chi connectivity index (χ3v) is 2.63. The van der Waals surface area contributed by atoms with Crippen LogP contribution in [0.5, 0.6) is 5.75 Å². The monoisotopic (exact) mass is 247 g/mol. The number of para-hydroxylation sites is 1. The van der Waals surface area contributed by atoms with E-state index in [1.54, 1.807) is 12.2 Å². The third-order valence-electron chi connectivity index (χ3n) is 2.63. The molecule has 0 aliphatic carbocycles. The highest BCUT2D eigenvalue weighted by Crippen LogP contribution is 2.19. The highest BCUT2D eigenvalue weighted by atomic mass is 16.5. The first-order valence-electron chi connectivity index (χ1n) is 6.37. The smallest absolute Gasteiger partial charge is 0.244 e. The molecule has 1 aromatic carbocycles. The van der Waals surface area contributed by atoms with E-state index in [9.17, 15) is 4.79 Å². The summed E-state index contributed by atoms with van der Waals surface area (Å²) < 4.78 is 5.49. The molecule has 0 saturated carbocycles. The van der Waals surface area contributed by atoms with Crippen LogP contribution < -0.4 is 10.1 Å². The fourth-order valence-corrected chi connectivity index (χ4v) is 1.46. The molecule has 0 bridgehead atoms. The Morgan fingerprint density at radius 1 is 1.39 bits per heavy atom. The maximum absolute atomic E-state index is 11.6. The van der Waals surface area contributed by atoms with E-state index in [4.69, 9.17) is 4.74 Å². The lowest BCUT2D eigenvalue weighted by molar-refractivity contribution is -0.117. The van der Waals surface area contributed by atoms with Gasteiger partial charge in [-0.3, -0.25) is 4.79 Å². The highest BCUT2D eigenvalue weighted by Gasteiger charge is 2.02. The lowest BCUT2D eigenvalue weighted by atomic mass is 10.2. The molecule has 0 aliphatic rings. The Kier molecular flexibility index (Phi) is 5.98. The van der Waals surface area contributed by atoms with Gasteiger partial charge in [0.05, 0.1) is 6.61 Å². The largest absolute Gasteiger partial charge is 0.493 e. The summed E-state index contributed by atoms with van der Waals surface area (Å²) in [5, 5.41) is 2.88. The molecular weight excluding hydrogens is 226 g/mol. The highest BCUT2D eigenvalue weighted by molar-refractivity contribution is 5.92. The summed E-state index contributed by atoms with van der Waals surface area (Å²) in [4.78, 5) is 11.6. The Morgan fingerprint density at radius 3 is 2.78 bits per heavy atom. The van der Waals surface area contributed by atoms with E-state index in [2.05, 4.69) is 5.32 Å². The normalized spacial score (nSPS) is 12.4. The molecule has 0 heterocycles. The average Bonchev–Trinajstić information content (AvgIpc) is 2.38. The molecule has 0 spiro atoms. The van der Waals surface area contributed by atoms with Gasteiger partial charge in [-0.05, 0) is 32.4 Å². The van der Waals surface area contributed by atoms with Gasteiger partial charge in [-0.25, -0.2) is 0 Å². The van der Waals surface area contributed by atoms with Crippen LogP contribution in [0.25, 0.3) is 6.08 Å². The third kappa shape index (κ3) is 4.62. The molecule has 0 aliphatic heterocycles. The van der Waals surface area contributed by atoms with Crippen molar-refractivity contribution in [1.29, 1.82) is 0 Å². The van der Waals surface area contributed by atoms with Gasteiger partial charge >= 0.3 is 0 Å². The van der Waals surface area contributed by atoms with Crippen molar-refractivity contribution in [3.8, 4) is 5.75 Å². The molecule has 0 unspecified atom stereocenters. The Morgan fingerprint density at radius 2 is 2.11 bits per heavy atom. The van der Waals surface area contributed by atoms with Crippen LogP contribution in [0.15, 0.2) is 30.3 Å². The summed E-state index contributed by atoms with van der Waals surface area (Å²) in [6.45, 7) is 6.58. The summed E-state index contributed by atoms with van der Waals surface area (Å²) in [7, 11) is 0. The molecule has 3 nitrogen and oxygen atoms in total. The molecule has 0 saturated heterocycles. The summed E-state index contributed by atoms with van der Waals surface area (Å²) in [6, 6.07) is 7.87. The van der Waals surface area contributed by atoms with Gasteiger partial charge < -0.3 is 10.1 Å². The van der Waals surface area contributed by atoms with Crippen molar-refractivity contribution in [2.75, 3.05) is 6.61 Å². The van der Waals surface area contributed by atoms with Gasteiger partial charge in [0.15, 0.2) is 0 Å². The quantitative estimate of drug-likeness (QED) is 0.785. The zero-order valence-corrected chi connectivity index (χ0v) is 11.3.